The lowest BCUT2D eigenvalue weighted by atomic mass is 10.1. The molecule has 0 fully saturated rings. The highest BCUT2D eigenvalue weighted by molar-refractivity contribution is 7.92. The zero-order chi connectivity index (χ0) is 22.6. The minimum atomic E-state index is -3.91. The number of ether oxygens (including phenoxy) is 1. The maximum Gasteiger partial charge on any atom is 0.262 e. The molecule has 6 nitrogen and oxygen atoms in total. The molecule has 0 bridgehead atoms. The predicted octanol–water partition coefficient (Wildman–Crippen LogP) is 4.60. The maximum absolute atomic E-state index is 13.1. The summed E-state index contributed by atoms with van der Waals surface area (Å²) in [7, 11) is -2.37. The Balaban J connectivity index is 1.88. The Morgan fingerprint density at radius 3 is 2.23 bits per heavy atom. The molecule has 0 aliphatic carbocycles. The van der Waals surface area contributed by atoms with E-state index in [1.54, 1.807) is 51.3 Å². The second-order valence-corrected chi connectivity index (χ2v) is 8.92. The van der Waals surface area contributed by atoms with Gasteiger partial charge in [-0.3, -0.25) is 9.52 Å². The number of carbonyl (C=O) groups excluding carboxylic acids is 1. The maximum atomic E-state index is 13.1. The standard InChI is InChI=1S/C24H26N2O4S/c1-16-17(2)23(15-14-22(16)30-4)31(28,29)26-21-13-9-8-12-20(21)24(27)25-18(3)19-10-6-5-7-11-19/h5-15,18,26H,1-4H3,(H,25,27)/t18-/m0/s1. The lowest BCUT2D eigenvalue weighted by Crippen LogP contribution is -2.28. The van der Waals surface area contributed by atoms with Gasteiger partial charge in [0.05, 0.1) is 29.3 Å². The largest absolute Gasteiger partial charge is 0.496 e. The third-order valence-electron chi connectivity index (χ3n) is 5.26. The molecule has 3 rings (SSSR count). The van der Waals surface area contributed by atoms with E-state index in [-0.39, 0.29) is 28.1 Å². The number of amides is 1. The van der Waals surface area contributed by atoms with Crippen molar-refractivity contribution < 1.29 is 17.9 Å². The Labute approximate surface area is 183 Å². The number of rotatable bonds is 7. The first kappa shape index (κ1) is 22.4. The van der Waals surface area contributed by atoms with Gasteiger partial charge < -0.3 is 10.1 Å². The van der Waals surface area contributed by atoms with Crippen molar-refractivity contribution in [3.63, 3.8) is 0 Å². The quantitative estimate of drug-likeness (QED) is 0.564. The van der Waals surface area contributed by atoms with Gasteiger partial charge in [-0.2, -0.15) is 0 Å². The highest BCUT2D eigenvalue weighted by Gasteiger charge is 2.22. The van der Waals surface area contributed by atoms with Crippen molar-refractivity contribution in [2.75, 3.05) is 11.8 Å². The van der Waals surface area contributed by atoms with Crippen molar-refractivity contribution in [3.8, 4) is 5.75 Å². The number of para-hydroxylation sites is 1. The van der Waals surface area contributed by atoms with E-state index in [4.69, 9.17) is 4.74 Å². The van der Waals surface area contributed by atoms with E-state index in [0.717, 1.165) is 11.1 Å². The molecule has 31 heavy (non-hydrogen) atoms. The van der Waals surface area contributed by atoms with Crippen LogP contribution in [0.4, 0.5) is 5.69 Å². The predicted molar refractivity (Wildman–Crippen MR) is 122 cm³/mol. The van der Waals surface area contributed by atoms with E-state index in [2.05, 4.69) is 10.0 Å². The number of methoxy groups -OCH3 is 1. The minimum absolute atomic E-state index is 0.138. The topological polar surface area (TPSA) is 84.5 Å². The fourth-order valence-corrected chi connectivity index (χ4v) is 4.73. The van der Waals surface area contributed by atoms with Crippen LogP contribution in [-0.2, 0) is 10.0 Å². The molecule has 0 heterocycles. The molecule has 0 aliphatic heterocycles. The first-order valence-corrected chi connectivity index (χ1v) is 11.3. The highest BCUT2D eigenvalue weighted by Crippen LogP contribution is 2.29. The Kier molecular flexibility index (Phi) is 6.65. The Morgan fingerprint density at radius 1 is 0.903 bits per heavy atom. The second kappa shape index (κ2) is 9.22. The molecule has 0 unspecified atom stereocenters. The van der Waals surface area contributed by atoms with E-state index in [9.17, 15) is 13.2 Å². The SMILES string of the molecule is COc1ccc(S(=O)(=O)Nc2ccccc2C(=O)N[C@@H](C)c2ccccc2)c(C)c1C. The van der Waals surface area contributed by atoms with Crippen molar-refractivity contribution >= 4 is 21.6 Å². The summed E-state index contributed by atoms with van der Waals surface area (Å²) < 4.78 is 34.1. The molecule has 1 atom stereocenters. The van der Waals surface area contributed by atoms with Gasteiger partial charge in [0.1, 0.15) is 5.75 Å². The highest BCUT2D eigenvalue weighted by atomic mass is 32.2. The fourth-order valence-electron chi connectivity index (χ4n) is 3.35. The number of sulfonamides is 1. The van der Waals surface area contributed by atoms with Crippen LogP contribution in [0.3, 0.4) is 0 Å². The Bertz CT molecular complexity index is 1190. The minimum Gasteiger partial charge on any atom is -0.496 e. The first-order chi connectivity index (χ1) is 14.7. The first-order valence-electron chi connectivity index (χ1n) is 9.86. The average Bonchev–Trinajstić information content (AvgIpc) is 2.76. The van der Waals surface area contributed by atoms with Gasteiger partial charge in [0.15, 0.2) is 0 Å². The number of anilines is 1. The van der Waals surface area contributed by atoms with E-state index in [1.165, 1.54) is 6.07 Å². The summed E-state index contributed by atoms with van der Waals surface area (Å²) in [5, 5.41) is 2.92. The van der Waals surface area contributed by atoms with E-state index < -0.39 is 10.0 Å². The number of hydrogen-bond donors (Lipinski definition) is 2. The van der Waals surface area contributed by atoms with Gasteiger partial charge in [0.25, 0.3) is 15.9 Å². The molecule has 2 N–H and O–H groups in total. The van der Waals surface area contributed by atoms with Gasteiger partial charge in [-0.05, 0) is 61.7 Å². The second-order valence-electron chi connectivity index (χ2n) is 7.27. The molecule has 0 spiro atoms. The van der Waals surface area contributed by atoms with Crippen LogP contribution in [-0.4, -0.2) is 21.4 Å². The van der Waals surface area contributed by atoms with Crippen LogP contribution < -0.4 is 14.8 Å². The molecule has 0 radical (unpaired) electrons. The van der Waals surface area contributed by atoms with Gasteiger partial charge >= 0.3 is 0 Å². The Morgan fingerprint density at radius 2 is 1.55 bits per heavy atom. The average molecular weight is 439 g/mol. The molecular weight excluding hydrogens is 412 g/mol. The third-order valence-corrected chi connectivity index (χ3v) is 6.77. The summed E-state index contributed by atoms with van der Waals surface area (Å²) in [6.45, 7) is 5.41. The fraction of sp³-hybridized carbons (Fsp3) is 0.208. The number of nitrogens with one attached hydrogen (secondary N) is 2. The van der Waals surface area contributed by atoms with Gasteiger partial charge in [-0.25, -0.2) is 8.42 Å². The van der Waals surface area contributed by atoms with Crippen LogP contribution in [0.1, 0.15) is 40.0 Å². The third kappa shape index (κ3) is 4.88. The molecule has 1 amide bonds. The van der Waals surface area contributed by atoms with Crippen molar-refractivity contribution in [2.45, 2.75) is 31.7 Å². The molecule has 0 saturated carbocycles. The van der Waals surface area contributed by atoms with Crippen LogP contribution in [0.5, 0.6) is 5.75 Å². The monoisotopic (exact) mass is 438 g/mol. The van der Waals surface area contributed by atoms with Gasteiger partial charge in [-0.1, -0.05) is 42.5 Å². The van der Waals surface area contributed by atoms with Crippen LogP contribution in [0.2, 0.25) is 0 Å². The molecule has 0 saturated heterocycles. The van der Waals surface area contributed by atoms with Crippen molar-refractivity contribution in [1.29, 1.82) is 0 Å². The van der Waals surface area contributed by atoms with Gasteiger partial charge in [0, 0.05) is 0 Å². The summed E-state index contributed by atoms with van der Waals surface area (Å²) in [5.41, 5.74) is 2.75. The smallest absolute Gasteiger partial charge is 0.262 e. The number of carbonyl (C=O) groups is 1. The van der Waals surface area contributed by atoms with Gasteiger partial charge in [-0.15, -0.1) is 0 Å². The van der Waals surface area contributed by atoms with E-state index in [0.29, 0.717) is 11.3 Å². The molecule has 0 aliphatic rings. The zero-order valence-corrected chi connectivity index (χ0v) is 18.8. The van der Waals surface area contributed by atoms with Crippen LogP contribution in [0.15, 0.2) is 71.6 Å². The summed E-state index contributed by atoms with van der Waals surface area (Å²) in [6, 6.07) is 19.0. The van der Waals surface area contributed by atoms with Crippen molar-refractivity contribution in [2.24, 2.45) is 0 Å². The molecular formula is C24H26N2O4S. The zero-order valence-electron chi connectivity index (χ0n) is 18.0. The lowest BCUT2D eigenvalue weighted by Gasteiger charge is -2.18. The molecule has 7 heteroatoms. The molecule has 3 aromatic carbocycles. The van der Waals surface area contributed by atoms with E-state index >= 15 is 0 Å². The number of benzene rings is 3. The van der Waals surface area contributed by atoms with E-state index in [1.807, 2.05) is 37.3 Å². The summed E-state index contributed by atoms with van der Waals surface area (Å²) >= 11 is 0. The number of hydrogen-bond acceptors (Lipinski definition) is 4. The van der Waals surface area contributed by atoms with Gasteiger partial charge in [0.2, 0.25) is 0 Å². The van der Waals surface area contributed by atoms with Crippen molar-refractivity contribution in [3.05, 3.63) is 89.0 Å². The molecule has 0 aromatic heterocycles. The summed E-state index contributed by atoms with van der Waals surface area (Å²) in [4.78, 5) is 13.1. The normalized spacial score (nSPS) is 12.1. The van der Waals surface area contributed by atoms with Crippen LogP contribution in [0.25, 0.3) is 0 Å². The van der Waals surface area contributed by atoms with Crippen LogP contribution in [0, 0.1) is 13.8 Å². The van der Waals surface area contributed by atoms with Crippen molar-refractivity contribution in [1.82, 2.24) is 5.32 Å². The van der Waals surface area contributed by atoms with Crippen LogP contribution >= 0.6 is 0 Å². The molecule has 3 aromatic rings. The summed E-state index contributed by atoms with van der Waals surface area (Å²) in [6.07, 6.45) is 0. The lowest BCUT2D eigenvalue weighted by molar-refractivity contribution is 0.0941. The Hall–Kier alpha value is -3.32. The summed E-state index contributed by atoms with van der Waals surface area (Å²) in [5.74, 6) is 0.253. The molecule has 162 valence electrons.